The van der Waals surface area contributed by atoms with Gasteiger partial charge in [0.25, 0.3) is 0 Å². The maximum absolute atomic E-state index is 6.22. The molecule has 0 aliphatic heterocycles. The Bertz CT molecular complexity index is 9850. The van der Waals surface area contributed by atoms with E-state index in [-0.39, 0.29) is 0 Å². The van der Waals surface area contributed by atoms with E-state index in [1.54, 1.807) is 0 Å². The summed E-state index contributed by atoms with van der Waals surface area (Å²) < 4.78 is 19.1. The van der Waals surface area contributed by atoms with Crippen LogP contribution in [0.1, 0.15) is 0 Å². The third-order valence-corrected chi connectivity index (χ3v) is 33.7. The van der Waals surface area contributed by atoms with Crippen molar-refractivity contribution >= 4 is 293 Å². The molecule has 0 unspecified atom stereocenters. The van der Waals surface area contributed by atoms with Gasteiger partial charge < -0.3 is 33.8 Å². The molecule has 0 saturated carbocycles. The Hall–Kier alpha value is -18.0. The third kappa shape index (κ3) is 16.8. The van der Waals surface area contributed by atoms with E-state index in [1.807, 2.05) is 68.8 Å². The summed E-state index contributed by atoms with van der Waals surface area (Å²) in [5.41, 5.74) is 24.7. The molecule has 12 heteroatoms. The fraction of sp³-hybridized carbons (Fsp3) is 0. The second-order valence-electron chi connectivity index (χ2n) is 37.0. The second-order valence-corrected chi connectivity index (χ2v) is 42.4. The van der Waals surface area contributed by atoms with Crippen molar-refractivity contribution in [2.24, 2.45) is 0 Å². The van der Waals surface area contributed by atoms with E-state index < -0.39 is 0 Å². The van der Waals surface area contributed by atoms with Crippen LogP contribution in [0, 0.1) is 0 Å². The molecule has 6 heterocycles. The first-order valence-electron chi connectivity index (χ1n) is 49.8. The molecule has 6 aromatic heterocycles. The minimum Gasteiger partial charge on any atom is -0.456 e. The second kappa shape index (κ2) is 38.6. The molecule has 0 aliphatic rings. The van der Waals surface area contributed by atoms with Gasteiger partial charge in [0.15, 0.2) is 0 Å². The van der Waals surface area contributed by atoms with Crippen LogP contribution in [0.15, 0.2) is 550 Å². The highest BCUT2D eigenvalue weighted by Crippen LogP contribution is 2.52. The first-order valence-corrected chi connectivity index (χ1v) is 53.9. The van der Waals surface area contributed by atoms with Crippen molar-refractivity contribution in [3.8, 4) is 11.1 Å². The zero-order chi connectivity index (χ0) is 97.9. The molecule has 29 rings (SSSR count). The van der Waals surface area contributed by atoms with Crippen LogP contribution in [0.3, 0.4) is 0 Å². The van der Waals surface area contributed by atoms with Crippen molar-refractivity contribution in [3.63, 3.8) is 0 Å². The van der Waals surface area contributed by atoms with Gasteiger partial charge in [-0.2, -0.15) is 0 Å². The highest BCUT2D eigenvalue weighted by Gasteiger charge is 2.26. The first-order chi connectivity index (χ1) is 73.3. The topological polar surface area (TPSA) is 32.6 Å². The summed E-state index contributed by atoms with van der Waals surface area (Å²) in [5, 5.41) is 17.6. The molecule has 0 N–H and O–H groups in total. The Morgan fingerprint density at radius 3 is 0.723 bits per heavy atom. The van der Waals surface area contributed by atoms with Crippen LogP contribution >= 0.6 is 56.7 Å². The van der Waals surface area contributed by atoms with E-state index in [1.165, 1.54) is 128 Å². The fourth-order valence-electron chi connectivity index (χ4n) is 21.2. The van der Waals surface area contributed by atoms with Gasteiger partial charge in [0.05, 0.1) is 5.69 Å². The van der Waals surface area contributed by atoms with Crippen LogP contribution in [0.4, 0.5) is 102 Å². The summed E-state index contributed by atoms with van der Waals surface area (Å²) >= 11 is 9.29. The summed E-state index contributed by atoms with van der Waals surface area (Å²) in [6, 6.07) is 197. The lowest BCUT2D eigenvalue weighted by Gasteiger charge is -2.27. The number of hydrogen-bond acceptors (Lipinski definition) is 12. The zero-order valence-electron chi connectivity index (χ0n) is 80.1. The largest absolute Gasteiger partial charge is 0.456 e. The molecule has 23 aromatic carbocycles. The minimum absolute atomic E-state index is 0.889. The van der Waals surface area contributed by atoms with E-state index in [2.05, 4.69) is 563 Å². The Balaban J connectivity index is 0.000000110. The van der Waals surface area contributed by atoms with E-state index in [9.17, 15) is 0 Å². The van der Waals surface area contributed by atoms with Gasteiger partial charge in [-0.15, -0.1) is 56.7 Å². The fourth-order valence-corrected chi connectivity index (χ4v) is 26.8. The molecule has 148 heavy (non-hydrogen) atoms. The smallest absolute Gasteiger partial charge is 0.135 e. The summed E-state index contributed by atoms with van der Waals surface area (Å²) in [6.07, 6.45) is 0. The van der Waals surface area contributed by atoms with Crippen LogP contribution < -0.4 is 29.4 Å². The maximum Gasteiger partial charge on any atom is 0.135 e. The van der Waals surface area contributed by atoms with Crippen LogP contribution in [-0.4, -0.2) is 0 Å². The van der Waals surface area contributed by atoms with Crippen LogP contribution in [0.2, 0.25) is 0 Å². The van der Waals surface area contributed by atoms with Crippen molar-refractivity contribution in [1.29, 1.82) is 0 Å². The molecule has 0 saturated heterocycles. The van der Waals surface area contributed by atoms with Crippen molar-refractivity contribution < 1.29 is 4.42 Å². The van der Waals surface area contributed by atoms with Gasteiger partial charge >= 0.3 is 0 Å². The Labute approximate surface area is 876 Å². The number of thiophene rings is 5. The number of benzene rings is 23. The third-order valence-electron chi connectivity index (χ3n) is 28.1. The van der Waals surface area contributed by atoms with E-state index >= 15 is 0 Å². The molecule has 0 radical (unpaired) electrons. The average Bonchev–Trinajstić information content (AvgIpc) is 1.54. The van der Waals surface area contributed by atoms with Gasteiger partial charge in [0.2, 0.25) is 0 Å². The van der Waals surface area contributed by atoms with Gasteiger partial charge in [0, 0.05) is 214 Å². The van der Waals surface area contributed by atoms with Crippen LogP contribution in [0.5, 0.6) is 0 Å². The molecular formula is C136H90N6OS5. The van der Waals surface area contributed by atoms with Crippen LogP contribution in [0.25, 0.3) is 145 Å². The molecule has 0 amide bonds. The Kier molecular flexibility index (Phi) is 23.2. The lowest BCUT2D eigenvalue weighted by molar-refractivity contribution is 0.669. The lowest BCUT2D eigenvalue weighted by Crippen LogP contribution is -2.10. The summed E-state index contributed by atoms with van der Waals surface area (Å²) in [5.74, 6) is 0. The van der Waals surface area contributed by atoms with Gasteiger partial charge in [-0.3, -0.25) is 0 Å². The maximum atomic E-state index is 6.22. The van der Waals surface area contributed by atoms with E-state index in [0.717, 1.165) is 119 Å². The van der Waals surface area contributed by atoms with Gasteiger partial charge in [-0.05, 0) is 271 Å². The molecule has 7 nitrogen and oxygen atoms in total. The van der Waals surface area contributed by atoms with Gasteiger partial charge in [0.1, 0.15) is 11.2 Å². The summed E-state index contributed by atoms with van der Waals surface area (Å²) in [6.45, 7) is 0. The molecule has 700 valence electrons. The summed E-state index contributed by atoms with van der Waals surface area (Å²) in [7, 11) is 0. The number of nitrogens with zero attached hydrogens (tertiary/aromatic N) is 6. The molecule has 0 spiro atoms. The standard InChI is InChI=1S/C48H32N2OS.C46H30N2S2.C42H28N2S2/c1-4-12-33(13-5-1)34-20-22-37(23-21-34)50(38-25-28-46-43(30-38)41-18-10-11-19-45(41)51-46)40-24-27-42-44-31-39(26-29-47(44)52-48(42)32-40)49(35-14-6-2-7-15-35)36-16-8-3-9-17-36;1-3-14-32(15-4-1)47(33-16-5-2-6-17-33)34-24-27-44-41(28-34)40-26-23-36(30-46(40)50-44)48(42-20-11-13-31-12-7-8-18-37(31)42)35-22-25-39-38-19-9-10-21-43(38)49-45(39)29-35;1-4-12-29(13-5-1)43(30-14-6-2-7-15-30)32-22-25-40-38(26-32)37-24-21-34(28-42(37)46-40)44(31-16-8-3-9-17-31)33-20-23-36-35-18-10-11-19-39(35)45-41(36)27-33/h1-32H;1-30H;1-28H. The number of rotatable bonds is 19. The normalized spacial score (nSPS) is 11.5. The number of fused-ring (bicyclic) bond motifs is 19. The summed E-state index contributed by atoms with van der Waals surface area (Å²) in [4.78, 5) is 14.2. The molecular weight excluding hydrogens is 1890 g/mol. The number of hydrogen-bond donors (Lipinski definition) is 0. The highest BCUT2D eigenvalue weighted by molar-refractivity contribution is 7.27. The van der Waals surface area contributed by atoms with Crippen LogP contribution in [-0.2, 0) is 0 Å². The Morgan fingerprint density at radius 2 is 0.351 bits per heavy atom. The van der Waals surface area contributed by atoms with Gasteiger partial charge in [-0.25, -0.2) is 0 Å². The van der Waals surface area contributed by atoms with Crippen molar-refractivity contribution in [3.05, 3.63) is 546 Å². The number of furan rings is 1. The monoisotopic (exact) mass is 1980 g/mol. The SMILES string of the molecule is c1ccc(-c2ccc(N(c3ccc4c(c3)sc3ccc(N(c5ccccc5)c5ccccc5)cc34)c3ccc4oc5ccccc5c4c3)cc2)cc1.c1ccc(N(c2ccc3c(c2)sc2ccccc23)c2ccc3c(c2)sc2ccc(N(c4ccccc4)c4ccccc4)cc23)cc1.c1ccc(N(c2ccccc2)c2ccc3sc4cc(N(c5ccc6c(c5)sc5ccccc56)c5cccc6ccccc56)ccc4c3c2)cc1. The van der Waals surface area contributed by atoms with Crippen molar-refractivity contribution in [2.75, 3.05) is 29.4 Å². The highest BCUT2D eigenvalue weighted by atomic mass is 32.1. The number of anilines is 18. The van der Waals surface area contributed by atoms with Crippen molar-refractivity contribution in [2.45, 2.75) is 0 Å². The zero-order valence-corrected chi connectivity index (χ0v) is 84.2. The molecule has 0 bridgehead atoms. The number of para-hydroxylation sites is 8. The average molecular weight is 1980 g/mol. The predicted molar refractivity (Wildman–Crippen MR) is 642 cm³/mol. The first kappa shape index (κ1) is 88.9. The van der Waals surface area contributed by atoms with E-state index in [0.29, 0.717) is 0 Å². The quantitative estimate of drug-likeness (QED) is 0.0798. The molecule has 0 fully saturated rings. The molecule has 0 atom stereocenters. The minimum atomic E-state index is 0.889. The predicted octanol–water partition coefficient (Wildman–Crippen LogP) is 42.4. The van der Waals surface area contributed by atoms with E-state index in [4.69, 9.17) is 4.42 Å². The molecule has 29 aromatic rings. The van der Waals surface area contributed by atoms with Gasteiger partial charge in [-0.1, -0.05) is 291 Å². The lowest BCUT2D eigenvalue weighted by atomic mass is 10.0. The molecule has 0 aliphatic carbocycles. The Morgan fingerprint density at radius 1 is 0.122 bits per heavy atom. The van der Waals surface area contributed by atoms with Crippen molar-refractivity contribution in [1.82, 2.24) is 0 Å².